The van der Waals surface area contributed by atoms with Gasteiger partial charge in [0, 0.05) is 43.2 Å². The van der Waals surface area contributed by atoms with Crippen LogP contribution in [0, 0.1) is 5.82 Å². The van der Waals surface area contributed by atoms with E-state index in [-0.39, 0.29) is 12.2 Å². The van der Waals surface area contributed by atoms with Crippen molar-refractivity contribution in [1.29, 1.82) is 0 Å². The Morgan fingerprint density at radius 3 is 2.71 bits per heavy atom. The molecule has 0 bridgehead atoms. The van der Waals surface area contributed by atoms with Gasteiger partial charge < -0.3 is 19.7 Å². The second-order valence-corrected chi connectivity index (χ2v) is 6.84. The summed E-state index contributed by atoms with van der Waals surface area (Å²) in [7, 11) is 2.01. The maximum absolute atomic E-state index is 14.1. The second kappa shape index (κ2) is 8.08. The lowest BCUT2D eigenvalue weighted by Gasteiger charge is -2.20. The van der Waals surface area contributed by atoms with Crippen LogP contribution in [0.25, 0.3) is 0 Å². The van der Waals surface area contributed by atoms with Gasteiger partial charge in [-0.05, 0) is 36.4 Å². The molecule has 0 aliphatic carbocycles. The molecule has 0 spiro atoms. The molecule has 1 saturated heterocycles. The molecule has 7 heteroatoms. The number of benzene rings is 2. The van der Waals surface area contributed by atoms with Crippen molar-refractivity contribution in [2.24, 2.45) is 4.99 Å². The number of halogens is 1. The Kier molecular flexibility index (Phi) is 5.36. The number of carbonyl (C=O) groups excluding carboxylic acids is 1. The summed E-state index contributed by atoms with van der Waals surface area (Å²) < 4.78 is 25.0. The van der Waals surface area contributed by atoms with E-state index in [2.05, 4.69) is 15.2 Å². The van der Waals surface area contributed by atoms with Crippen LogP contribution in [0.3, 0.4) is 0 Å². The normalized spacial score (nSPS) is 19.2. The molecule has 1 amide bonds. The molecule has 0 radical (unpaired) electrons. The topological polar surface area (TPSA) is 63.2 Å². The van der Waals surface area contributed by atoms with Gasteiger partial charge in [0.05, 0.1) is 18.9 Å². The maximum Gasteiger partial charge on any atom is 0.237 e. The Bertz CT molecular complexity index is 879. The average molecular weight is 383 g/mol. The quantitative estimate of drug-likeness (QED) is 0.776. The van der Waals surface area contributed by atoms with E-state index in [1.54, 1.807) is 12.1 Å². The van der Waals surface area contributed by atoms with Crippen LogP contribution in [-0.2, 0) is 14.3 Å². The first-order valence-corrected chi connectivity index (χ1v) is 9.30. The molecule has 1 atom stereocenters. The summed E-state index contributed by atoms with van der Waals surface area (Å²) in [4.78, 5) is 18.6. The van der Waals surface area contributed by atoms with Crippen molar-refractivity contribution < 1.29 is 18.7 Å². The molecule has 1 N–H and O–H groups in total. The molecule has 2 aromatic rings. The standard InChI is InChI=1S/C21H22FN3O3/c1-25(10-9-19-27-11-12-28-19)15-7-5-14(6-8-15)23-13-16-20-17(22)3-2-4-18(20)24-21(16)26/h2-8,13,16,19H,9-12H2,1H3,(H,24,26). The highest BCUT2D eigenvalue weighted by Gasteiger charge is 2.31. The van der Waals surface area contributed by atoms with Crippen molar-refractivity contribution in [2.75, 3.05) is 37.0 Å². The Hall–Kier alpha value is -2.77. The van der Waals surface area contributed by atoms with Crippen LogP contribution in [0.5, 0.6) is 0 Å². The molecule has 0 saturated carbocycles. The molecule has 146 valence electrons. The van der Waals surface area contributed by atoms with Crippen molar-refractivity contribution in [3.63, 3.8) is 0 Å². The predicted octanol–water partition coefficient (Wildman–Crippen LogP) is 3.46. The zero-order chi connectivity index (χ0) is 19.5. The summed E-state index contributed by atoms with van der Waals surface area (Å²) in [5, 5.41) is 2.69. The fraction of sp³-hybridized carbons (Fsp3) is 0.333. The molecular formula is C21H22FN3O3. The number of carbonyl (C=O) groups is 1. The van der Waals surface area contributed by atoms with Crippen LogP contribution >= 0.6 is 0 Å². The third-order valence-corrected chi connectivity index (χ3v) is 4.96. The average Bonchev–Trinajstić information content (AvgIpc) is 3.33. The van der Waals surface area contributed by atoms with E-state index in [1.165, 1.54) is 12.3 Å². The molecule has 6 nitrogen and oxygen atoms in total. The van der Waals surface area contributed by atoms with Crippen molar-refractivity contribution in [2.45, 2.75) is 18.6 Å². The van der Waals surface area contributed by atoms with Gasteiger partial charge in [-0.25, -0.2) is 4.39 Å². The van der Waals surface area contributed by atoms with Gasteiger partial charge in [-0.15, -0.1) is 0 Å². The second-order valence-electron chi connectivity index (χ2n) is 6.84. The van der Waals surface area contributed by atoms with E-state index < -0.39 is 11.7 Å². The number of aliphatic imine (C=N–C) groups is 1. The van der Waals surface area contributed by atoms with Crippen molar-refractivity contribution in [3.8, 4) is 0 Å². The summed E-state index contributed by atoms with van der Waals surface area (Å²) in [6.07, 6.45) is 2.18. The van der Waals surface area contributed by atoms with E-state index in [0.29, 0.717) is 30.2 Å². The zero-order valence-electron chi connectivity index (χ0n) is 15.6. The molecule has 4 rings (SSSR count). The fourth-order valence-corrected chi connectivity index (χ4v) is 3.40. The van der Waals surface area contributed by atoms with Gasteiger partial charge in [-0.1, -0.05) is 6.07 Å². The van der Waals surface area contributed by atoms with Crippen molar-refractivity contribution in [3.05, 3.63) is 53.8 Å². The monoisotopic (exact) mass is 383 g/mol. The number of nitrogens with one attached hydrogen (secondary N) is 1. The number of hydrogen-bond donors (Lipinski definition) is 1. The maximum atomic E-state index is 14.1. The van der Waals surface area contributed by atoms with Crippen molar-refractivity contribution in [1.82, 2.24) is 0 Å². The number of rotatable bonds is 6. The van der Waals surface area contributed by atoms with Gasteiger partial charge in [0.1, 0.15) is 11.7 Å². The largest absolute Gasteiger partial charge is 0.374 e. The zero-order valence-corrected chi connectivity index (χ0v) is 15.6. The van der Waals surface area contributed by atoms with Gasteiger partial charge in [-0.2, -0.15) is 0 Å². The third-order valence-electron chi connectivity index (χ3n) is 4.96. The van der Waals surface area contributed by atoms with Crippen LogP contribution in [0.4, 0.5) is 21.5 Å². The van der Waals surface area contributed by atoms with E-state index in [1.807, 2.05) is 31.3 Å². The molecule has 2 aliphatic heterocycles. The summed E-state index contributed by atoms with van der Waals surface area (Å²) in [6, 6.07) is 12.3. The molecule has 1 fully saturated rings. The first-order valence-electron chi connectivity index (χ1n) is 9.30. The summed E-state index contributed by atoms with van der Waals surface area (Å²) in [6.45, 7) is 2.13. The van der Waals surface area contributed by atoms with E-state index >= 15 is 0 Å². The van der Waals surface area contributed by atoms with Gasteiger partial charge in [0.25, 0.3) is 0 Å². The SMILES string of the molecule is CN(CCC1OCCO1)c1ccc(N=CC2C(=O)Nc3cccc(F)c32)cc1. The summed E-state index contributed by atoms with van der Waals surface area (Å²) >= 11 is 0. The minimum absolute atomic E-state index is 0.118. The Morgan fingerprint density at radius 2 is 1.96 bits per heavy atom. The number of ether oxygens (including phenoxy) is 2. The van der Waals surface area contributed by atoms with Crippen LogP contribution in [0.2, 0.25) is 0 Å². The summed E-state index contributed by atoms with van der Waals surface area (Å²) in [5.41, 5.74) is 2.61. The molecular weight excluding hydrogens is 361 g/mol. The first-order chi connectivity index (χ1) is 13.6. The lowest BCUT2D eigenvalue weighted by molar-refractivity contribution is -0.115. The Balaban J connectivity index is 1.40. The first kappa shape index (κ1) is 18.6. The highest BCUT2D eigenvalue weighted by molar-refractivity contribution is 6.12. The number of nitrogens with zero attached hydrogens (tertiary/aromatic N) is 2. The highest BCUT2D eigenvalue weighted by atomic mass is 19.1. The Morgan fingerprint density at radius 1 is 1.21 bits per heavy atom. The summed E-state index contributed by atoms with van der Waals surface area (Å²) in [5.74, 6) is -1.39. The Labute approximate surface area is 163 Å². The van der Waals surface area contributed by atoms with Crippen LogP contribution in [-0.4, -0.2) is 45.2 Å². The molecule has 2 heterocycles. The predicted molar refractivity (Wildman–Crippen MR) is 106 cm³/mol. The number of anilines is 2. The van der Waals surface area contributed by atoms with E-state index in [0.717, 1.165) is 18.7 Å². The third kappa shape index (κ3) is 3.90. The molecule has 2 aromatic carbocycles. The van der Waals surface area contributed by atoms with Crippen LogP contribution in [0.1, 0.15) is 17.9 Å². The van der Waals surface area contributed by atoms with E-state index in [4.69, 9.17) is 9.47 Å². The van der Waals surface area contributed by atoms with Gasteiger partial charge in [-0.3, -0.25) is 9.79 Å². The molecule has 28 heavy (non-hydrogen) atoms. The number of hydrogen-bond acceptors (Lipinski definition) is 5. The van der Waals surface area contributed by atoms with Crippen LogP contribution in [0.15, 0.2) is 47.5 Å². The smallest absolute Gasteiger partial charge is 0.237 e. The van der Waals surface area contributed by atoms with Crippen LogP contribution < -0.4 is 10.2 Å². The minimum Gasteiger partial charge on any atom is -0.374 e. The molecule has 2 aliphatic rings. The highest BCUT2D eigenvalue weighted by Crippen LogP contribution is 2.33. The van der Waals surface area contributed by atoms with Gasteiger partial charge >= 0.3 is 0 Å². The van der Waals surface area contributed by atoms with Gasteiger partial charge in [0.15, 0.2) is 6.29 Å². The minimum atomic E-state index is -0.718. The molecule has 1 unspecified atom stereocenters. The number of amides is 1. The van der Waals surface area contributed by atoms with Gasteiger partial charge in [0.2, 0.25) is 5.91 Å². The fourth-order valence-electron chi connectivity index (χ4n) is 3.40. The lowest BCUT2D eigenvalue weighted by Crippen LogP contribution is -2.23. The lowest BCUT2D eigenvalue weighted by atomic mass is 10.0. The van der Waals surface area contributed by atoms with E-state index in [9.17, 15) is 9.18 Å². The van der Waals surface area contributed by atoms with Crippen molar-refractivity contribution >= 4 is 29.2 Å². The number of fused-ring (bicyclic) bond motifs is 1. The molecule has 0 aromatic heterocycles.